The van der Waals surface area contributed by atoms with Crippen molar-refractivity contribution in [3.63, 3.8) is 0 Å². The Hall–Kier alpha value is -3.22. The van der Waals surface area contributed by atoms with Crippen LogP contribution in [-0.2, 0) is 18.9 Å². The van der Waals surface area contributed by atoms with Crippen LogP contribution in [0.3, 0.4) is 0 Å². The summed E-state index contributed by atoms with van der Waals surface area (Å²) in [5.74, 6) is -0.277. The Morgan fingerprint density at radius 3 is 1.79 bits per heavy atom. The molecule has 1 aliphatic carbocycles. The van der Waals surface area contributed by atoms with Crippen LogP contribution in [0.1, 0.15) is 5.56 Å². The number of aliphatic hydroxyl groups excluding tert-OH is 9. The van der Waals surface area contributed by atoms with Crippen molar-refractivity contribution in [1.29, 1.82) is 0 Å². The van der Waals surface area contributed by atoms with Crippen molar-refractivity contribution in [2.45, 2.75) is 67.5 Å². The van der Waals surface area contributed by atoms with Gasteiger partial charge in [0, 0.05) is 12.2 Å². The van der Waals surface area contributed by atoms with Crippen LogP contribution in [0.25, 0.3) is 5.76 Å². The SMILES string of the molecule is OC[C@@H]1O[C@H](OC2=C(c3ccc(O)cc3)[OH+]C3C=C(O)C=C(O[C@@H]4O[C@H](CO)[C@@H](O)[C@@H](O)[C@H]4O)C3=C2)[C@@H](O)[C@@H](O)[C@H]1O. The number of phenolic OH excluding ortho intramolecular Hbond substituents is 1. The van der Waals surface area contributed by atoms with Gasteiger partial charge in [0.2, 0.25) is 24.4 Å². The van der Waals surface area contributed by atoms with E-state index < -0.39 is 80.7 Å². The second-order valence-corrected chi connectivity index (χ2v) is 10.2. The molecule has 230 valence electrons. The van der Waals surface area contributed by atoms with Crippen LogP contribution in [0.4, 0.5) is 0 Å². The van der Waals surface area contributed by atoms with Crippen molar-refractivity contribution in [3.05, 3.63) is 70.9 Å². The first kappa shape index (κ1) is 30.2. The van der Waals surface area contributed by atoms with E-state index in [0.717, 1.165) is 0 Å². The van der Waals surface area contributed by atoms with E-state index in [2.05, 4.69) is 4.74 Å². The molecule has 42 heavy (non-hydrogen) atoms. The number of benzene rings is 1. The third-order valence-electron chi connectivity index (χ3n) is 7.32. The summed E-state index contributed by atoms with van der Waals surface area (Å²) in [6.45, 7) is -1.38. The minimum absolute atomic E-state index is 0.0313. The van der Waals surface area contributed by atoms with Crippen molar-refractivity contribution < 1.29 is 74.7 Å². The van der Waals surface area contributed by atoms with Gasteiger partial charge < -0.3 is 74.7 Å². The minimum atomic E-state index is -1.75. The van der Waals surface area contributed by atoms with Crippen LogP contribution >= 0.6 is 0 Å². The molecule has 11 atom stereocenters. The highest BCUT2D eigenvalue weighted by atomic mass is 16.7. The van der Waals surface area contributed by atoms with Crippen molar-refractivity contribution in [2.24, 2.45) is 0 Å². The normalized spacial score (nSPS) is 38.5. The number of aromatic hydroxyl groups is 1. The first-order valence-electron chi connectivity index (χ1n) is 13.1. The van der Waals surface area contributed by atoms with Gasteiger partial charge in [-0.2, -0.15) is 0 Å². The van der Waals surface area contributed by atoms with Crippen molar-refractivity contribution in [1.82, 2.24) is 0 Å². The number of hydrogen-bond acceptors (Lipinski definition) is 14. The summed E-state index contributed by atoms with van der Waals surface area (Å²) in [5.41, 5.74) is 0.674. The van der Waals surface area contributed by atoms with Gasteiger partial charge in [0.05, 0.1) is 30.4 Å². The molecule has 0 saturated carbocycles. The zero-order chi connectivity index (χ0) is 30.3. The second-order valence-electron chi connectivity index (χ2n) is 10.2. The molecule has 2 fully saturated rings. The van der Waals surface area contributed by atoms with Gasteiger partial charge in [0.1, 0.15) is 66.1 Å². The van der Waals surface area contributed by atoms with Gasteiger partial charge in [-0.15, -0.1) is 0 Å². The molecule has 1 aromatic carbocycles. The second kappa shape index (κ2) is 12.2. The lowest BCUT2D eigenvalue weighted by Crippen LogP contribution is -2.59. The Bertz CT molecular complexity index is 1250. The summed E-state index contributed by atoms with van der Waals surface area (Å²) in [6.07, 6.45) is -12.8. The maximum Gasteiger partial charge on any atom is 0.305 e. The molecule has 1 aromatic rings. The molecule has 5 rings (SSSR count). The average Bonchev–Trinajstić information content (AvgIpc) is 2.98. The predicted octanol–water partition coefficient (Wildman–Crippen LogP) is -3.13. The number of hydrogen-bond donors (Lipinski definition) is 10. The van der Waals surface area contributed by atoms with E-state index >= 15 is 0 Å². The van der Waals surface area contributed by atoms with Crippen LogP contribution in [0, 0.1) is 0 Å². The Kier molecular flexibility index (Phi) is 8.77. The monoisotopic (exact) mass is 597 g/mol. The highest BCUT2D eigenvalue weighted by Gasteiger charge is 2.48. The standard InChI is InChI=1S/C27H32O15/c28-8-17-19(32)21(34)23(36)26(41-17)39-15-6-12(31)5-14-13(15)7-16(25(38-14)10-1-3-11(30)4-2-10)40-27-24(37)22(35)20(33)18(9-29)42-27/h1-7,14,17-24,26-37H,8-9H2/p+1/t14?,17-,18+,19-,20+,21-,22+,23-,24+,26-,27+/m1/s1. The Morgan fingerprint density at radius 2 is 1.24 bits per heavy atom. The van der Waals surface area contributed by atoms with Crippen LogP contribution in [0.15, 0.2) is 65.3 Å². The first-order valence-corrected chi connectivity index (χ1v) is 13.1. The van der Waals surface area contributed by atoms with Crippen LogP contribution in [0.2, 0.25) is 0 Å². The van der Waals surface area contributed by atoms with Gasteiger partial charge in [0.15, 0.2) is 0 Å². The zero-order valence-corrected chi connectivity index (χ0v) is 21.9. The molecule has 0 radical (unpaired) electrons. The summed E-state index contributed by atoms with van der Waals surface area (Å²) in [6, 6.07) is 5.84. The Balaban J connectivity index is 1.51. The van der Waals surface area contributed by atoms with Gasteiger partial charge in [-0.1, -0.05) is 0 Å². The number of aliphatic hydroxyl groups is 11. The summed E-state index contributed by atoms with van der Waals surface area (Å²) >= 11 is 0. The number of fused-ring (bicyclic) bond motifs is 1. The maximum absolute atomic E-state index is 10.6. The molecule has 3 aliphatic heterocycles. The molecule has 2 saturated heterocycles. The summed E-state index contributed by atoms with van der Waals surface area (Å²) in [4.78, 5) is 0. The number of rotatable bonds is 7. The van der Waals surface area contributed by atoms with Gasteiger partial charge in [0.25, 0.3) is 0 Å². The molecular weight excluding hydrogens is 564 g/mol. The van der Waals surface area contributed by atoms with Crippen LogP contribution < -0.4 is 0 Å². The molecule has 15 nitrogen and oxygen atoms in total. The maximum atomic E-state index is 10.6. The van der Waals surface area contributed by atoms with Gasteiger partial charge in [-0.25, -0.2) is 0 Å². The molecule has 0 spiro atoms. The zero-order valence-electron chi connectivity index (χ0n) is 21.9. The van der Waals surface area contributed by atoms with E-state index in [4.69, 9.17) is 18.9 Å². The third-order valence-corrected chi connectivity index (χ3v) is 7.32. The Labute approximate surface area is 238 Å². The average molecular weight is 598 g/mol. The molecule has 3 heterocycles. The smallest absolute Gasteiger partial charge is 0.305 e. The highest BCUT2D eigenvalue weighted by Crippen LogP contribution is 2.39. The molecule has 4 aliphatic rings. The van der Waals surface area contributed by atoms with Crippen LogP contribution in [0.5, 0.6) is 5.75 Å². The molecule has 15 heteroatoms. The fourth-order valence-electron chi connectivity index (χ4n) is 4.95. The summed E-state index contributed by atoms with van der Waals surface area (Å²) in [7, 11) is 0. The molecule has 1 unspecified atom stereocenters. The van der Waals surface area contributed by atoms with Crippen LogP contribution in [-0.4, -0.2) is 137 Å². The van der Waals surface area contributed by atoms with E-state index in [1.54, 1.807) is 0 Å². The van der Waals surface area contributed by atoms with Crippen molar-refractivity contribution >= 4 is 5.76 Å². The first-order chi connectivity index (χ1) is 20.0. The summed E-state index contributed by atoms with van der Waals surface area (Å²) < 4.78 is 27.3. The molecule has 0 bridgehead atoms. The molecular formula is C27H33O15+. The molecule has 0 aromatic heterocycles. The van der Waals surface area contributed by atoms with E-state index in [-0.39, 0.29) is 34.4 Å². The largest absolute Gasteiger partial charge is 0.571 e. The molecule has 0 amide bonds. The van der Waals surface area contributed by atoms with Gasteiger partial charge in [-0.05, 0) is 24.3 Å². The van der Waals surface area contributed by atoms with Crippen molar-refractivity contribution in [3.8, 4) is 5.75 Å². The van der Waals surface area contributed by atoms with Gasteiger partial charge in [-0.3, -0.25) is 0 Å². The lowest BCUT2D eigenvalue weighted by molar-refractivity contribution is -0.292. The third kappa shape index (κ3) is 5.71. The lowest BCUT2D eigenvalue weighted by Gasteiger charge is -2.41. The molecule has 11 N–H and O–H groups in total. The summed E-state index contributed by atoms with van der Waals surface area (Å²) in [5, 5.41) is 101. The predicted molar refractivity (Wildman–Crippen MR) is 138 cm³/mol. The number of phenols is 1. The minimum Gasteiger partial charge on any atom is -0.571 e. The quantitative estimate of drug-likeness (QED) is 0.140. The highest BCUT2D eigenvalue weighted by molar-refractivity contribution is 5.68. The fraction of sp³-hybridized carbons (Fsp3) is 0.481. The number of ether oxygens (including phenoxy) is 5. The fourth-order valence-corrected chi connectivity index (χ4v) is 4.95. The van der Waals surface area contributed by atoms with E-state index in [1.807, 2.05) is 0 Å². The number of allylic oxidation sites excluding steroid dienone is 2. The van der Waals surface area contributed by atoms with E-state index in [9.17, 15) is 51.1 Å². The van der Waals surface area contributed by atoms with Gasteiger partial charge >= 0.3 is 5.76 Å². The Morgan fingerprint density at radius 1 is 0.690 bits per heavy atom. The van der Waals surface area contributed by atoms with Crippen molar-refractivity contribution in [2.75, 3.05) is 13.2 Å². The topological polar surface area (TPSA) is 252 Å². The lowest BCUT2D eigenvalue weighted by atomic mass is 9.96. The van der Waals surface area contributed by atoms with E-state index in [0.29, 0.717) is 5.56 Å². The van der Waals surface area contributed by atoms with E-state index in [1.165, 1.54) is 42.5 Å².